The predicted molar refractivity (Wildman–Crippen MR) is 223 cm³/mol. The third-order valence-corrected chi connectivity index (χ3v) is 15.5. The highest BCUT2D eigenvalue weighted by atomic mass is 16.6. The third kappa shape index (κ3) is 8.00. The van der Waals surface area contributed by atoms with Crippen molar-refractivity contribution in [1.82, 2.24) is 9.80 Å². The van der Waals surface area contributed by atoms with Crippen LogP contribution in [0.3, 0.4) is 0 Å². The zero-order chi connectivity index (χ0) is 41.6. The Morgan fingerprint density at radius 2 is 1.11 bits per heavy atom. The lowest BCUT2D eigenvalue weighted by Gasteiger charge is -2.59. The molecule has 1 N–H and O–H groups in total. The monoisotopic (exact) mass is 751 g/mol. The van der Waals surface area contributed by atoms with Gasteiger partial charge in [-0.3, -0.25) is 19.4 Å². The van der Waals surface area contributed by atoms with E-state index >= 15 is 9.59 Å². The topological polar surface area (TPSA) is 79.3 Å². The molecule has 8 unspecified atom stereocenters. The molecule has 0 bridgehead atoms. The standard InChI is InChI=1S/C47H78N2O5/c1-20-25-47(28-33-26-34(41(8,9)10)38(50)35(27-33)42(11,12)13,39(51)53-36-29-43(14,21-2)48(18)45(16,23-4)31(36)6)40(52)54-37-30-44(15,22-3)49(19)46(17,24-5)32(37)7/h1,26-27,31-32,36-37,50H,21-25,28-30H2,2-19H3. The van der Waals surface area contributed by atoms with E-state index in [1.165, 1.54) is 0 Å². The molecule has 2 saturated heterocycles. The van der Waals surface area contributed by atoms with Gasteiger partial charge in [0.25, 0.3) is 0 Å². The fraction of sp³-hybridized carbons (Fsp3) is 0.787. The van der Waals surface area contributed by atoms with Gasteiger partial charge in [-0.15, -0.1) is 12.3 Å². The summed E-state index contributed by atoms with van der Waals surface area (Å²) in [6.07, 6.45) is 9.93. The van der Waals surface area contributed by atoms with Crippen LogP contribution in [0.1, 0.15) is 172 Å². The number of terminal acetylenes is 1. The number of aromatic hydroxyl groups is 1. The summed E-state index contributed by atoms with van der Waals surface area (Å²) in [5.74, 6) is 1.73. The number of phenols is 1. The zero-order valence-electron chi connectivity index (χ0n) is 37.7. The van der Waals surface area contributed by atoms with Gasteiger partial charge in [0.05, 0.1) is 0 Å². The van der Waals surface area contributed by atoms with Crippen molar-refractivity contribution in [2.24, 2.45) is 17.3 Å². The van der Waals surface area contributed by atoms with E-state index in [4.69, 9.17) is 15.9 Å². The second-order valence-corrected chi connectivity index (χ2v) is 20.3. The summed E-state index contributed by atoms with van der Waals surface area (Å²) in [4.78, 5) is 35.5. The molecular formula is C47H78N2O5. The van der Waals surface area contributed by atoms with Crippen molar-refractivity contribution in [2.45, 2.75) is 207 Å². The normalized spacial score (nSPS) is 33.8. The van der Waals surface area contributed by atoms with Crippen molar-refractivity contribution in [1.29, 1.82) is 0 Å². The average Bonchev–Trinajstić information content (AvgIpc) is 3.10. The Bertz CT molecular complexity index is 1470. The maximum atomic E-state index is 15.3. The Kier molecular flexibility index (Phi) is 13.4. The molecule has 8 atom stereocenters. The van der Waals surface area contributed by atoms with E-state index in [0.29, 0.717) is 12.8 Å². The van der Waals surface area contributed by atoms with E-state index in [1.54, 1.807) is 0 Å². The van der Waals surface area contributed by atoms with Crippen LogP contribution in [-0.4, -0.2) is 75.3 Å². The van der Waals surface area contributed by atoms with Crippen LogP contribution in [0.2, 0.25) is 0 Å². The minimum Gasteiger partial charge on any atom is -0.507 e. The van der Waals surface area contributed by atoms with E-state index in [0.717, 1.165) is 42.4 Å². The van der Waals surface area contributed by atoms with Gasteiger partial charge in [-0.2, -0.15) is 0 Å². The molecule has 2 aliphatic heterocycles. The number of likely N-dealkylation sites (tertiary alicyclic amines) is 2. The van der Waals surface area contributed by atoms with Crippen molar-refractivity contribution in [3.05, 3.63) is 28.8 Å². The Balaban J connectivity index is 2.29. The maximum absolute atomic E-state index is 15.3. The molecule has 7 nitrogen and oxygen atoms in total. The Morgan fingerprint density at radius 3 is 1.39 bits per heavy atom. The van der Waals surface area contributed by atoms with Crippen molar-refractivity contribution < 1.29 is 24.2 Å². The lowest BCUT2D eigenvalue weighted by atomic mass is 9.68. The molecule has 0 radical (unpaired) electrons. The van der Waals surface area contributed by atoms with Gasteiger partial charge in [0, 0.05) is 59.7 Å². The van der Waals surface area contributed by atoms with Crippen LogP contribution >= 0.6 is 0 Å². The van der Waals surface area contributed by atoms with Gasteiger partial charge in [-0.25, -0.2) is 0 Å². The molecule has 0 saturated carbocycles. The lowest BCUT2D eigenvalue weighted by molar-refractivity contribution is -0.198. The van der Waals surface area contributed by atoms with Crippen LogP contribution in [-0.2, 0) is 36.3 Å². The number of carbonyl (C=O) groups is 2. The molecule has 0 amide bonds. The molecule has 306 valence electrons. The van der Waals surface area contributed by atoms with Gasteiger partial charge >= 0.3 is 11.9 Å². The Hall–Kier alpha value is -2.56. The second-order valence-electron chi connectivity index (χ2n) is 20.3. The summed E-state index contributed by atoms with van der Waals surface area (Å²) in [6.45, 7) is 34.4. The summed E-state index contributed by atoms with van der Waals surface area (Å²) in [5.41, 5.74) is -1.27. The van der Waals surface area contributed by atoms with E-state index in [-0.39, 0.29) is 52.6 Å². The van der Waals surface area contributed by atoms with Crippen molar-refractivity contribution in [2.75, 3.05) is 14.1 Å². The summed E-state index contributed by atoms with van der Waals surface area (Å²) >= 11 is 0. The Morgan fingerprint density at radius 1 is 0.759 bits per heavy atom. The molecule has 7 heteroatoms. The van der Waals surface area contributed by atoms with Gasteiger partial charge < -0.3 is 14.6 Å². The number of rotatable bonds is 11. The van der Waals surface area contributed by atoms with Gasteiger partial charge in [0.15, 0.2) is 5.41 Å². The van der Waals surface area contributed by atoms with E-state index in [1.807, 2.05) is 12.1 Å². The predicted octanol–water partition coefficient (Wildman–Crippen LogP) is 9.98. The van der Waals surface area contributed by atoms with Crippen LogP contribution in [0.15, 0.2) is 12.1 Å². The molecule has 2 fully saturated rings. The van der Waals surface area contributed by atoms with Crippen LogP contribution in [0.4, 0.5) is 0 Å². The number of nitrogens with zero attached hydrogens (tertiary/aromatic N) is 2. The molecule has 2 heterocycles. The molecule has 0 spiro atoms. The highest BCUT2D eigenvalue weighted by Gasteiger charge is 2.58. The number of benzene rings is 1. The first-order valence-electron chi connectivity index (χ1n) is 20.8. The SMILES string of the molecule is C#CCC(Cc1cc(C(C)(C)C)c(O)c(C(C)(C)C)c1)(C(=O)OC1CC(C)(CC)N(C)C(C)(CC)C1C)C(=O)OC1CC(C)(CC)N(C)C(C)(CC)C1C. The van der Waals surface area contributed by atoms with Crippen LogP contribution in [0.5, 0.6) is 5.75 Å². The number of phenolic OH excluding ortho intramolecular Hbond substituents is 1. The first kappa shape index (κ1) is 45.8. The minimum absolute atomic E-state index is 0.00447. The highest BCUT2D eigenvalue weighted by Crippen LogP contribution is 2.49. The van der Waals surface area contributed by atoms with Crippen LogP contribution in [0.25, 0.3) is 0 Å². The average molecular weight is 751 g/mol. The first-order chi connectivity index (χ1) is 24.6. The fourth-order valence-corrected chi connectivity index (χ4v) is 9.71. The van der Waals surface area contributed by atoms with Crippen LogP contribution in [0, 0.1) is 29.6 Å². The summed E-state index contributed by atoms with van der Waals surface area (Å²) in [7, 11) is 4.37. The summed E-state index contributed by atoms with van der Waals surface area (Å²) in [6, 6.07) is 3.88. The largest absolute Gasteiger partial charge is 0.507 e. The Labute approximate surface area is 330 Å². The number of piperidine rings is 2. The number of hydrogen-bond acceptors (Lipinski definition) is 7. The molecule has 54 heavy (non-hydrogen) atoms. The van der Waals surface area contributed by atoms with Gasteiger partial charge in [-0.1, -0.05) is 95.2 Å². The van der Waals surface area contributed by atoms with E-state index in [9.17, 15) is 5.11 Å². The maximum Gasteiger partial charge on any atom is 0.325 e. The molecule has 3 rings (SSSR count). The van der Waals surface area contributed by atoms with Gasteiger partial charge in [-0.05, 0) is 95.0 Å². The fourth-order valence-electron chi connectivity index (χ4n) is 9.71. The molecule has 1 aromatic rings. The van der Waals surface area contributed by atoms with Crippen molar-refractivity contribution in [3.63, 3.8) is 0 Å². The minimum atomic E-state index is -1.81. The van der Waals surface area contributed by atoms with Gasteiger partial charge in [0.2, 0.25) is 0 Å². The highest BCUT2D eigenvalue weighted by molar-refractivity contribution is 6.01. The second kappa shape index (κ2) is 15.8. The molecular weight excluding hydrogens is 673 g/mol. The molecule has 0 aliphatic carbocycles. The van der Waals surface area contributed by atoms with Crippen LogP contribution < -0.4 is 0 Å². The zero-order valence-corrected chi connectivity index (χ0v) is 37.7. The number of hydrogen-bond donors (Lipinski definition) is 1. The number of esters is 2. The third-order valence-electron chi connectivity index (χ3n) is 15.5. The van der Waals surface area contributed by atoms with Gasteiger partial charge in [0.1, 0.15) is 18.0 Å². The molecule has 0 aromatic heterocycles. The lowest BCUT2D eigenvalue weighted by Crippen LogP contribution is -2.67. The molecule has 2 aliphatic rings. The number of carbonyl (C=O) groups excluding carboxylic acids is 2. The van der Waals surface area contributed by atoms with Crippen molar-refractivity contribution in [3.8, 4) is 18.1 Å². The summed E-state index contributed by atoms with van der Waals surface area (Å²) < 4.78 is 13.4. The summed E-state index contributed by atoms with van der Waals surface area (Å²) in [5, 5.41) is 11.6. The smallest absolute Gasteiger partial charge is 0.325 e. The van der Waals surface area contributed by atoms with Crippen molar-refractivity contribution >= 4 is 11.9 Å². The number of ether oxygens (including phenoxy) is 2. The molecule has 1 aromatic carbocycles. The van der Waals surface area contributed by atoms with E-state index < -0.39 is 40.4 Å². The first-order valence-corrected chi connectivity index (χ1v) is 20.8. The quantitative estimate of drug-likeness (QED) is 0.137. The van der Waals surface area contributed by atoms with E-state index in [2.05, 4.69) is 141 Å².